The van der Waals surface area contributed by atoms with Gasteiger partial charge in [0.1, 0.15) is 30.5 Å². The number of carbonyl (C=O) groups is 1. The summed E-state index contributed by atoms with van der Waals surface area (Å²) in [6.07, 6.45) is -6.07. The fraction of sp³-hybridized carbons (Fsp3) is 0.316. The smallest absolute Gasteiger partial charge is 0.151 e. The van der Waals surface area contributed by atoms with Gasteiger partial charge < -0.3 is 30.0 Å². The normalized spacial score (nSPS) is 29.4. The molecule has 1 aliphatic rings. The van der Waals surface area contributed by atoms with Gasteiger partial charge in [0.25, 0.3) is 0 Å². The lowest BCUT2D eigenvalue weighted by molar-refractivity contribution is -0.217. The SMILES string of the molecule is O=CC1OC(c2cccc(-c3ccccc3CO)c2)C(O)C(O)C1O. The molecule has 4 N–H and O–H groups in total. The van der Waals surface area contributed by atoms with Crippen LogP contribution in [0, 0.1) is 0 Å². The number of hydrogen-bond donors (Lipinski definition) is 4. The third-order valence-corrected chi connectivity index (χ3v) is 4.50. The summed E-state index contributed by atoms with van der Waals surface area (Å²) in [7, 11) is 0. The van der Waals surface area contributed by atoms with E-state index < -0.39 is 30.5 Å². The van der Waals surface area contributed by atoms with Crippen LogP contribution in [0.15, 0.2) is 48.5 Å². The summed E-state index contributed by atoms with van der Waals surface area (Å²) in [5, 5.41) is 39.5. The van der Waals surface area contributed by atoms with E-state index in [0.29, 0.717) is 11.8 Å². The monoisotopic (exact) mass is 344 g/mol. The summed E-state index contributed by atoms with van der Waals surface area (Å²) in [6.45, 7) is -0.110. The molecule has 2 aromatic carbocycles. The Morgan fingerprint density at radius 2 is 1.72 bits per heavy atom. The summed E-state index contributed by atoms with van der Waals surface area (Å²) < 4.78 is 5.49. The molecule has 0 aliphatic carbocycles. The zero-order valence-electron chi connectivity index (χ0n) is 13.4. The highest BCUT2D eigenvalue weighted by Gasteiger charge is 2.44. The van der Waals surface area contributed by atoms with Crippen molar-refractivity contribution in [1.82, 2.24) is 0 Å². The lowest BCUT2D eigenvalue weighted by Crippen LogP contribution is -2.54. The van der Waals surface area contributed by atoms with E-state index in [1.807, 2.05) is 30.3 Å². The molecule has 5 unspecified atom stereocenters. The van der Waals surface area contributed by atoms with Gasteiger partial charge >= 0.3 is 0 Å². The topological polar surface area (TPSA) is 107 Å². The fourth-order valence-corrected chi connectivity index (χ4v) is 3.12. The largest absolute Gasteiger partial charge is 0.392 e. The zero-order chi connectivity index (χ0) is 18.0. The van der Waals surface area contributed by atoms with Crippen LogP contribution >= 0.6 is 0 Å². The number of aliphatic hydroxyl groups excluding tert-OH is 4. The molecule has 0 radical (unpaired) electrons. The van der Waals surface area contributed by atoms with Gasteiger partial charge in [-0.2, -0.15) is 0 Å². The number of benzene rings is 2. The van der Waals surface area contributed by atoms with Crippen LogP contribution in [-0.4, -0.2) is 51.1 Å². The number of aldehydes is 1. The molecular formula is C19H20O6. The highest BCUT2D eigenvalue weighted by molar-refractivity contribution is 5.68. The number of rotatable bonds is 4. The van der Waals surface area contributed by atoms with Crippen LogP contribution < -0.4 is 0 Å². The Morgan fingerprint density at radius 3 is 2.44 bits per heavy atom. The van der Waals surface area contributed by atoms with Gasteiger partial charge in [0, 0.05) is 0 Å². The first-order valence-electron chi connectivity index (χ1n) is 8.01. The van der Waals surface area contributed by atoms with Crippen LogP contribution in [0.1, 0.15) is 17.2 Å². The molecule has 132 valence electrons. The molecule has 0 spiro atoms. The van der Waals surface area contributed by atoms with Crippen LogP contribution in [-0.2, 0) is 16.1 Å². The zero-order valence-corrected chi connectivity index (χ0v) is 13.4. The molecule has 1 heterocycles. The van der Waals surface area contributed by atoms with E-state index in [-0.39, 0.29) is 6.61 Å². The Morgan fingerprint density at radius 1 is 0.960 bits per heavy atom. The molecule has 25 heavy (non-hydrogen) atoms. The molecule has 2 aromatic rings. The Labute approximate surface area is 144 Å². The van der Waals surface area contributed by atoms with Crippen LogP contribution in [0.3, 0.4) is 0 Å². The predicted molar refractivity (Wildman–Crippen MR) is 89.5 cm³/mol. The lowest BCUT2D eigenvalue weighted by atomic mass is 9.89. The summed E-state index contributed by atoms with van der Waals surface area (Å²) in [5.74, 6) is 0. The molecule has 6 heteroatoms. The third-order valence-electron chi connectivity index (χ3n) is 4.50. The van der Waals surface area contributed by atoms with Gasteiger partial charge in [-0.25, -0.2) is 0 Å². The Balaban J connectivity index is 1.97. The fourth-order valence-electron chi connectivity index (χ4n) is 3.12. The second-order valence-electron chi connectivity index (χ2n) is 6.07. The van der Waals surface area contributed by atoms with Crippen molar-refractivity contribution in [1.29, 1.82) is 0 Å². The second kappa shape index (κ2) is 7.43. The first-order valence-corrected chi connectivity index (χ1v) is 8.01. The van der Waals surface area contributed by atoms with Crippen LogP contribution in [0.25, 0.3) is 11.1 Å². The van der Waals surface area contributed by atoms with E-state index in [0.717, 1.165) is 16.7 Å². The van der Waals surface area contributed by atoms with Crippen molar-refractivity contribution in [3.63, 3.8) is 0 Å². The van der Waals surface area contributed by atoms with E-state index in [9.17, 15) is 25.2 Å². The molecule has 0 aromatic heterocycles. The third kappa shape index (κ3) is 3.35. The minimum Gasteiger partial charge on any atom is -0.392 e. The maximum Gasteiger partial charge on any atom is 0.151 e. The maximum atomic E-state index is 11.1. The standard InChI is InChI=1S/C19H20O6/c20-9-13-4-1-2-7-14(13)11-5-3-6-12(8-11)19-18(24)17(23)16(22)15(10-21)25-19/h1-8,10,15-20,22-24H,9H2. The maximum absolute atomic E-state index is 11.1. The summed E-state index contributed by atoms with van der Waals surface area (Å²) in [5.41, 5.74) is 2.97. The van der Waals surface area contributed by atoms with Crippen molar-refractivity contribution in [3.05, 3.63) is 59.7 Å². The molecule has 1 fully saturated rings. The minimum atomic E-state index is -1.48. The van der Waals surface area contributed by atoms with E-state index >= 15 is 0 Å². The number of aliphatic hydroxyl groups is 4. The van der Waals surface area contributed by atoms with Gasteiger partial charge in [0.05, 0.1) is 6.61 Å². The molecule has 5 atom stereocenters. The number of hydrogen-bond acceptors (Lipinski definition) is 6. The molecule has 1 aliphatic heterocycles. The van der Waals surface area contributed by atoms with Gasteiger partial charge in [0.15, 0.2) is 6.29 Å². The predicted octanol–water partition coefficient (Wildman–Crippen LogP) is 0.567. The highest BCUT2D eigenvalue weighted by atomic mass is 16.5. The van der Waals surface area contributed by atoms with Crippen molar-refractivity contribution >= 4 is 6.29 Å². The van der Waals surface area contributed by atoms with Crippen molar-refractivity contribution in [2.24, 2.45) is 0 Å². The number of carbonyl (C=O) groups excluding carboxylic acids is 1. The second-order valence-corrected chi connectivity index (χ2v) is 6.07. The molecular weight excluding hydrogens is 324 g/mol. The highest BCUT2D eigenvalue weighted by Crippen LogP contribution is 2.34. The molecule has 0 saturated carbocycles. The first kappa shape index (κ1) is 17.7. The molecule has 0 amide bonds. The van der Waals surface area contributed by atoms with Crippen molar-refractivity contribution in [2.45, 2.75) is 37.1 Å². The summed E-state index contributed by atoms with van der Waals surface area (Å²) in [4.78, 5) is 11.1. The van der Waals surface area contributed by atoms with Crippen LogP contribution in [0.2, 0.25) is 0 Å². The van der Waals surface area contributed by atoms with Crippen molar-refractivity contribution in [3.8, 4) is 11.1 Å². The van der Waals surface area contributed by atoms with Gasteiger partial charge in [0.2, 0.25) is 0 Å². The Bertz CT molecular complexity index is 746. The Hall–Kier alpha value is -2.09. The van der Waals surface area contributed by atoms with Crippen LogP contribution in [0.5, 0.6) is 0 Å². The van der Waals surface area contributed by atoms with Gasteiger partial charge in [-0.05, 0) is 28.3 Å². The summed E-state index contributed by atoms with van der Waals surface area (Å²) >= 11 is 0. The molecule has 1 saturated heterocycles. The van der Waals surface area contributed by atoms with E-state index in [2.05, 4.69) is 0 Å². The molecule has 3 rings (SSSR count). The average molecular weight is 344 g/mol. The van der Waals surface area contributed by atoms with Gasteiger partial charge in [-0.3, -0.25) is 0 Å². The first-order chi connectivity index (χ1) is 12.1. The van der Waals surface area contributed by atoms with Gasteiger partial charge in [-0.15, -0.1) is 0 Å². The lowest BCUT2D eigenvalue weighted by Gasteiger charge is -2.38. The molecule has 6 nitrogen and oxygen atoms in total. The quantitative estimate of drug-likeness (QED) is 0.604. The average Bonchev–Trinajstić information content (AvgIpc) is 2.66. The minimum absolute atomic E-state index is 0.110. The van der Waals surface area contributed by atoms with E-state index in [1.54, 1.807) is 18.2 Å². The Kier molecular flexibility index (Phi) is 5.27. The number of ether oxygens (including phenoxy) is 1. The van der Waals surface area contributed by atoms with Crippen molar-refractivity contribution < 1.29 is 30.0 Å². The van der Waals surface area contributed by atoms with E-state index in [4.69, 9.17) is 4.74 Å². The van der Waals surface area contributed by atoms with Gasteiger partial charge in [-0.1, -0.05) is 42.5 Å². The van der Waals surface area contributed by atoms with E-state index in [1.165, 1.54) is 0 Å². The molecule has 0 bridgehead atoms. The van der Waals surface area contributed by atoms with Crippen LogP contribution in [0.4, 0.5) is 0 Å². The van der Waals surface area contributed by atoms with Crippen molar-refractivity contribution in [2.75, 3.05) is 0 Å². The summed E-state index contributed by atoms with van der Waals surface area (Å²) in [6, 6.07) is 14.5.